The molecular formula is C19H12F3N5O. The predicted molar refractivity (Wildman–Crippen MR) is 95.6 cm³/mol. The third-order valence-corrected chi connectivity index (χ3v) is 4.13. The number of rotatable bonds is 3. The van der Waals surface area contributed by atoms with Crippen molar-refractivity contribution in [2.45, 2.75) is 6.18 Å². The van der Waals surface area contributed by atoms with Gasteiger partial charge >= 0.3 is 6.18 Å². The van der Waals surface area contributed by atoms with Gasteiger partial charge in [0.2, 0.25) is 0 Å². The van der Waals surface area contributed by atoms with Gasteiger partial charge in [0.1, 0.15) is 11.8 Å². The smallest absolute Gasteiger partial charge is 0.364 e. The Morgan fingerprint density at radius 1 is 0.964 bits per heavy atom. The van der Waals surface area contributed by atoms with Gasteiger partial charge in [0.15, 0.2) is 17.2 Å². The molecule has 2 aromatic carbocycles. The molecule has 0 radical (unpaired) electrons. The van der Waals surface area contributed by atoms with Gasteiger partial charge in [-0.05, 0) is 24.3 Å². The number of aromatic nitrogens is 4. The number of hydrogen-bond acceptors (Lipinski definition) is 4. The SMILES string of the molecule is NC(=O)c1nc(-c2ccc(C(F)(F)F)cc2)nc2c1ncn2-c1ccccc1. The van der Waals surface area contributed by atoms with Crippen molar-refractivity contribution in [3.8, 4) is 17.1 Å². The zero-order chi connectivity index (χ0) is 19.9. The van der Waals surface area contributed by atoms with E-state index in [0.29, 0.717) is 11.2 Å². The van der Waals surface area contributed by atoms with Crippen molar-refractivity contribution in [2.24, 2.45) is 5.73 Å². The molecule has 2 N–H and O–H groups in total. The van der Waals surface area contributed by atoms with Crippen LogP contribution in [0.3, 0.4) is 0 Å². The lowest BCUT2D eigenvalue weighted by atomic mass is 10.1. The van der Waals surface area contributed by atoms with E-state index in [0.717, 1.165) is 17.8 Å². The summed E-state index contributed by atoms with van der Waals surface area (Å²) < 4.78 is 40.0. The minimum Gasteiger partial charge on any atom is -0.364 e. The summed E-state index contributed by atoms with van der Waals surface area (Å²) in [5.41, 5.74) is 6.14. The number of nitrogens with two attached hydrogens (primary N) is 1. The second-order valence-electron chi connectivity index (χ2n) is 5.96. The molecule has 0 aliphatic heterocycles. The molecule has 6 nitrogen and oxygen atoms in total. The maximum Gasteiger partial charge on any atom is 0.416 e. The third kappa shape index (κ3) is 3.07. The van der Waals surface area contributed by atoms with E-state index in [1.807, 2.05) is 30.3 Å². The highest BCUT2D eigenvalue weighted by Gasteiger charge is 2.30. The van der Waals surface area contributed by atoms with E-state index in [9.17, 15) is 18.0 Å². The Morgan fingerprint density at radius 2 is 1.64 bits per heavy atom. The highest BCUT2D eigenvalue weighted by molar-refractivity contribution is 6.02. The summed E-state index contributed by atoms with van der Waals surface area (Å²) >= 11 is 0. The molecule has 0 unspecified atom stereocenters. The summed E-state index contributed by atoms with van der Waals surface area (Å²) in [6, 6.07) is 13.5. The summed E-state index contributed by atoms with van der Waals surface area (Å²) in [5.74, 6) is -0.730. The lowest BCUT2D eigenvalue weighted by molar-refractivity contribution is -0.137. The Balaban J connectivity index is 1.91. The van der Waals surface area contributed by atoms with Crippen molar-refractivity contribution in [1.29, 1.82) is 0 Å². The second-order valence-corrected chi connectivity index (χ2v) is 5.96. The third-order valence-electron chi connectivity index (χ3n) is 4.13. The monoisotopic (exact) mass is 383 g/mol. The average Bonchev–Trinajstić information content (AvgIpc) is 3.11. The Bertz CT molecular complexity index is 1170. The van der Waals surface area contributed by atoms with Crippen LogP contribution in [0.4, 0.5) is 13.2 Å². The summed E-state index contributed by atoms with van der Waals surface area (Å²) in [5, 5.41) is 0. The molecule has 4 aromatic rings. The number of amides is 1. The Kier molecular flexibility index (Phi) is 4.07. The molecule has 0 spiro atoms. The number of carbonyl (C=O) groups is 1. The van der Waals surface area contributed by atoms with Crippen molar-refractivity contribution < 1.29 is 18.0 Å². The highest BCUT2D eigenvalue weighted by Crippen LogP contribution is 2.31. The first-order chi connectivity index (χ1) is 13.3. The molecule has 140 valence electrons. The van der Waals surface area contributed by atoms with Crippen LogP contribution in [0.5, 0.6) is 0 Å². The largest absolute Gasteiger partial charge is 0.416 e. The van der Waals surface area contributed by atoms with E-state index in [4.69, 9.17) is 5.73 Å². The number of nitrogens with zero attached hydrogens (tertiary/aromatic N) is 4. The van der Waals surface area contributed by atoms with Crippen LogP contribution in [0.15, 0.2) is 60.9 Å². The summed E-state index contributed by atoms with van der Waals surface area (Å²) in [7, 11) is 0. The van der Waals surface area contributed by atoms with Crippen LogP contribution < -0.4 is 5.73 Å². The second kappa shape index (κ2) is 6.45. The van der Waals surface area contributed by atoms with E-state index < -0.39 is 17.6 Å². The van der Waals surface area contributed by atoms with E-state index in [2.05, 4.69) is 15.0 Å². The van der Waals surface area contributed by atoms with Crippen LogP contribution in [0.2, 0.25) is 0 Å². The molecule has 1 amide bonds. The van der Waals surface area contributed by atoms with E-state index in [1.54, 1.807) is 4.57 Å². The highest BCUT2D eigenvalue weighted by atomic mass is 19.4. The molecule has 0 saturated heterocycles. The van der Waals surface area contributed by atoms with Gasteiger partial charge in [-0.3, -0.25) is 9.36 Å². The van der Waals surface area contributed by atoms with Gasteiger partial charge in [-0.15, -0.1) is 0 Å². The minimum atomic E-state index is -4.45. The molecule has 0 bridgehead atoms. The Labute approximate surface area is 156 Å². The van der Waals surface area contributed by atoms with Gasteiger partial charge in [-0.1, -0.05) is 30.3 Å². The summed E-state index contributed by atoms with van der Waals surface area (Å²) in [6.45, 7) is 0. The number of carbonyl (C=O) groups excluding carboxylic acids is 1. The first kappa shape index (κ1) is 17.7. The van der Waals surface area contributed by atoms with Crippen molar-refractivity contribution in [3.05, 3.63) is 72.2 Å². The van der Waals surface area contributed by atoms with Crippen LogP contribution in [-0.4, -0.2) is 25.4 Å². The molecule has 0 saturated carbocycles. The summed E-state index contributed by atoms with van der Waals surface area (Å²) in [4.78, 5) is 24.6. The number of fused-ring (bicyclic) bond motifs is 1. The number of halogens is 3. The summed E-state index contributed by atoms with van der Waals surface area (Å²) in [6.07, 6.45) is -2.97. The molecule has 0 atom stereocenters. The Morgan fingerprint density at radius 3 is 2.25 bits per heavy atom. The van der Waals surface area contributed by atoms with Crippen molar-refractivity contribution in [1.82, 2.24) is 19.5 Å². The van der Waals surface area contributed by atoms with Gasteiger partial charge in [0.05, 0.1) is 5.56 Å². The van der Waals surface area contributed by atoms with Crippen LogP contribution in [0.1, 0.15) is 16.1 Å². The van der Waals surface area contributed by atoms with E-state index in [-0.39, 0.29) is 17.0 Å². The quantitative estimate of drug-likeness (QED) is 0.586. The molecule has 0 fully saturated rings. The fourth-order valence-electron chi connectivity index (χ4n) is 2.79. The zero-order valence-corrected chi connectivity index (χ0v) is 14.2. The number of benzene rings is 2. The number of hydrogen-bond donors (Lipinski definition) is 1. The van der Waals surface area contributed by atoms with Crippen molar-refractivity contribution in [2.75, 3.05) is 0 Å². The van der Waals surface area contributed by atoms with Crippen molar-refractivity contribution >= 4 is 17.1 Å². The van der Waals surface area contributed by atoms with Crippen LogP contribution in [0.25, 0.3) is 28.2 Å². The lowest BCUT2D eigenvalue weighted by Crippen LogP contribution is -2.15. The number of imidazole rings is 1. The Hall–Kier alpha value is -3.75. The van der Waals surface area contributed by atoms with Gasteiger partial charge in [-0.2, -0.15) is 13.2 Å². The lowest BCUT2D eigenvalue weighted by Gasteiger charge is -2.09. The maximum absolute atomic E-state index is 12.8. The van der Waals surface area contributed by atoms with Gasteiger partial charge in [0, 0.05) is 11.3 Å². The first-order valence-electron chi connectivity index (χ1n) is 8.12. The molecule has 0 aliphatic rings. The van der Waals surface area contributed by atoms with Crippen LogP contribution >= 0.6 is 0 Å². The maximum atomic E-state index is 12.8. The molecule has 2 aromatic heterocycles. The molecule has 28 heavy (non-hydrogen) atoms. The van der Waals surface area contributed by atoms with Gasteiger partial charge in [-0.25, -0.2) is 15.0 Å². The molecule has 9 heteroatoms. The fourth-order valence-corrected chi connectivity index (χ4v) is 2.79. The molecule has 4 rings (SSSR count). The first-order valence-corrected chi connectivity index (χ1v) is 8.12. The van der Waals surface area contributed by atoms with Crippen LogP contribution in [-0.2, 0) is 6.18 Å². The number of primary amides is 1. The zero-order valence-electron chi connectivity index (χ0n) is 14.2. The minimum absolute atomic E-state index is 0.0766. The number of alkyl halides is 3. The molecule has 0 aliphatic carbocycles. The fraction of sp³-hybridized carbons (Fsp3) is 0.0526. The molecule has 2 heterocycles. The topological polar surface area (TPSA) is 86.7 Å². The number of para-hydroxylation sites is 1. The predicted octanol–water partition coefficient (Wildman–Crippen LogP) is 3.60. The molecular weight excluding hydrogens is 371 g/mol. The van der Waals surface area contributed by atoms with E-state index in [1.165, 1.54) is 18.5 Å². The van der Waals surface area contributed by atoms with Crippen LogP contribution in [0, 0.1) is 0 Å². The van der Waals surface area contributed by atoms with Gasteiger partial charge < -0.3 is 5.73 Å². The normalized spacial score (nSPS) is 11.7. The standard InChI is InChI=1S/C19H12F3N5O/c20-19(21,22)12-8-6-11(7-9-12)17-25-14(16(23)28)15-18(26-17)27(10-24-15)13-4-2-1-3-5-13/h1-10H,(H2,23,28). The van der Waals surface area contributed by atoms with Crippen molar-refractivity contribution in [3.63, 3.8) is 0 Å². The average molecular weight is 383 g/mol. The van der Waals surface area contributed by atoms with E-state index >= 15 is 0 Å². The van der Waals surface area contributed by atoms with Gasteiger partial charge in [0.25, 0.3) is 5.91 Å².